The van der Waals surface area contributed by atoms with Gasteiger partial charge in [-0.05, 0) is 151 Å². The molecule has 0 bridgehead atoms. The van der Waals surface area contributed by atoms with Gasteiger partial charge in [0.05, 0.1) is 19.6 Å². The van der Waals surface area contributed by atoms with E-state index < -0.39 is 0 Å². The molecule has 0 saturated carbocycles. The van der Waals surface area contributed by atoms with Crippen LogP contribution >= 0.6 is 0 Å². The average Bonchev–Trinajstić information content (AvgIpc) is 4.47. The largest absolute Gasteiger partial charge is 0.368 e. The first-order valence-corrected chi connectivity index (χ1v) is 30.3. The van der Waals surface area contributed by atoms with Gasteiger partial charge in [-0.2, -0.15) is 0 Å². The van der Waals surface area contributed by atoms with Crippen molar-refractivity contribution in [2.75, 3.05) is 58.9 Å². The zero-order valence-electron chi connectivity index (χ0n) is 53.6. The minimum atomic E-state index is -0.278. The Labute approximate surface area is 505 Å². The van der Waals surface area contributed by atoms with Crippen LogP contribution in [0.2, 0.25) is 0 Å². The van der Waals surface area contributed by atoms with Crippen LogP contribution in [0.5, 0.6) is 0 Å². The summed E-state index contributed by atoms with van der Waals surface area (Å²) in [4.78, 5) is 92.5. The van der Waals surface area contributed by atoms with E-state index in [1.165, 1.54) is 0 Å². The van der Waals surface area contributed by atoms with Crippen molar-refractivity contribution < 1.29 is 33.6 Å². The van der Waals surface area contributed by atoms with Crippen LogP contribution in [-0.4, -0.2) is 182 Å². The van der Waals surface area contributed by atoms with Gasteiger partial charge in [0, 0.05) is 97.3 Å². The van der Waals surface area contributed by atoms with E-state index in [-0.39, 0.29) is 65.5 Å². The number of carbonyl (C=O) groups excluding carboxylic acids is 7. The highest BCUT2D eigenvalue weighted by molar-refractivity contribution is 5.81. The summed E-state index contributed by atoms with van der Waals surface area (Å²) in [7, 11) is 0. The number of likely N-dealkylation sites (N-methyl/N-ethyl adjacent to an activating group) is 1. The topological polar surface area (TPSA) is 302 Å². The quantitative estimate of drug-likeness (QED) is 0.104. The molecular weight excluding hydrogens is 1060 g/mol. The maximum atomic E-state index is 11.9. The molecule has 7 rings (SSSR count). The molecule has 7 aliphatic heterocycles. The van der Waals surface area contributed by atoms with Gasteiger partial charge < -0.3 is 73.6 Å². The number of primary amides is 6. The monoisotopic (exact) mass is 1180 g/mol. The molecule has 0 aromatic heterocycles. The van der Waals surface area contributed by atoms with Crippen LogP contribution < -0.4 is 34.4 Å². The summed E-state index contributed by atoms with van der Waals surface area (Å²) in [5.74, 6) is -0.285. The van der Waals surface area contributed by atoms with E-state index in [1.807, 2.05) is 70.9 Å². The molecule has 21 nitrogen and oxygen atoms in total. The number of allylic oxidation sites excluding steroid dienone is 7. The number of hydrogen-bond acceptors (Lipinski definition) is 14. The first-order valence-electron chi connectivity index (χ1n) is 30.3. The number of amides is 7. The normalized spacial score (nSPS) is 23.0. The molecule has 0 aromatic carbocycles. The lowest BCUT2D eigenvalue weighted by molar-refractivity contribution is -0.132. The van der Waals surface area contributed by atoms with Gasteiger partial charge in [-0.15, -0.1) is 0 Å². The van der Waals surface area contributed by atoms with Gasteiger partial charge in [0.1, 0.15) is 24.2 Å². The predicted octanol–water partition coefficient (Wildman–Crippen LogP) is 5.55. The number of hydrogen-bond donors (Lipinski definition) is 6. The van der Waals surface area contributed by atoms with Crippen molar-refractivity contribution in [2.24, 2.45) is 46.2 Å². The lowest BCUT2D eigenvalue weighted by atomic mass is 10.1. The second-order valence-electron chi connectivity index (χ2n) is 23.4. The Kier molecular flexibility index (Phi) is 32.8. The van der Waals surface area contributed by atoms with Crippen molar-refractivity contribution in [3.8, 4) is 0 Å². The fourth-order valence-electron chi connectivity index (χ4n) is 11.4. The van der Waals surface area contributed by atoms with Crippen LogP contribution in [0.4, 0.5) is 0 Å². The molecule has 7 heterocycles. The summed E-state index contributed by atoms with van der Waals surface area (Å²) in [6.45, 7) is 55.9. The van der Waals surface area contributed by atoms with Crippen molar-refractivity contribution in [1.29, 1.82) is 0 Å². The number of carbonyl (C=O) groups is 7. The molecule has 7 amide bonds. The van der Waals surface area contributed by atoms with Crippen molar-refractivity contribution in [2.45, 2.75) is 202 Å². The maximum Gasteiger partial charge on any atom is 0.242 e. The van der Waals surface area contributed by atoms with E-state index in [4.69, 9.17) is 34.4 Å². The molecule has 0 aliphatic carbocycles. The Morgan fingerprint density at radius 1 is 0.500 bits per heavy atom. The second-order valence-corrected chi connectivity index (χ2v) is 23.4. The Morgan fingerprint density at radius 3 is 1.31 bits per heavy atom. The standard InChI is InChI=1S/C12H22N2O.C10H18N2O.2C9H16N2O.2C8H14N2O.C7H12N2O/c1-5-13(6-2)12(15)9-14-10(3)7-8-11(14)4;1-4-9(10(11)13)12-7(2)5-6-8(12)3;1-6-4-7(2)11(5-6)8(3)9(10)12;1-6-4-5-7(2)11(6)8(3)9(10)12;1-6-3-4-10(7(6)2)5-8(9)11;1-6-4-3-5-10(6)7(2)8(9)11;1-6-3-2-4-9(6)5-7(8)10/h11H,3,5-9H2,1-2,4H3;8-9H,2,4-6H2,1,3H3,(H2,11,13);6,8H,2,4-5H2,1,3H3,(H2,10,12);7-8H,1,4-5H2,2-3H3,(H2,10,12);6H,2-5H2,1H3,(H2,9,11);7H,1,3-5H2,2H3,(H2,9,11);1-5H2,(H2,8,10). The minimum absolute atomic E-state index is 0.162. The Hall–Kier alpha value is -6.93. The molecule has 84 heavy (non-hydrogen) atoms. The highest BCUT2D eigenvalue weighted by Gasteiger charge is 2.33. The molecule has 21 heteroatoms. The summed E-state index contributed by atoms with van der Waals surface area (Å²) in [6, 6.07) is 0.509. The maximum absolute atomic E-state index is 11.9. The minimum Gasteiger partial charge on any atom is -0.368 e. The van der Waals surface area contributed by atoms with E-state index >= 15 is 0 Å². The zero-order valence-corrected chi connectivity index (χ0v) is 53.6. The fourth-order valence-corrected chi connectivity index (χ4v) is 11.4. The van der Waals surface area contributed by atoms with Crippen LogP contribution in [0.25, 0.3) is 0 Å². The lowest BCUT2D eigenvalue weighted by Gasteiger charge is -2.31. The van der Waals surface area contributed by atoms with E-state index in [1.54, 1.807) is 0 Å². The van der Waals surface area contributed by atoms with Gasteiger partial charge in [0.25, 0.3) is 0 Å². The Balaban J connectivity index is 0.000000492. The van der Waals surface area contributed by atoms with Crippen LogP contribution in [-0.2, 0) is 33.6 Å². The Morgan fingerprint density at radius 2 is 0.964 bits per heavy atom. The highest BCUT2D eigenvalue weighted by Crippen LogP contribution is 2.31. The van der Waals surface area contributed by atoms with Crippen molar-refractivity contribution in [1.82, 2.24) is 39.2 Å². The molecule has 0 aromatic rings. The SMILES string of the molecule is C=C1C(C)CCN1CC(N)=O.C=C1CC(C)CN1C(C)C(N)=O.C=C1CCC(C)N1C(C)C(N)=O.C=C1CCC(C)N1C(CC)C(N)=O.C=C1CCC(C)N1CC(=O)N(CC)CC.C=C1CCCN1C(C)C(N)=O.C=C1CCCN1CC(N)=O. The van der Waals surface area contributed by atoms with Gasteiger partial charge in [0.15, 0.2) is 0 Å². The molecule has 9 atom stereocenters. The van der Waals surface area contributed by atoms with Gasteiger partial charge in [-0.25, -0.2) is 0 Å². The van der Waals surface area contributed by atoms with Crippen LogP contribution in [0.3, 0.4) is 0 Å². The highest BCUT2D eigenvalue weighted by atomic mass is 16.2. The first-order chi connectivity index (χ1) is 39.2. The molecule has 7 saturated heterocycles. The summed E-state index contributed by atoms with van der Waals surface area (Å²) in [5, 5.41) is 0. The van der Waals surface area contributed by atoms with E-state index in [0.29, 0.717) is 49.6 Å². The first kappa shape index (κ1) is 75.1. The van der Waals surface area contributed by atoms with Gasteiger partial charge in [-0.1, -0.05) is 66.8 Å². The van der Waals surface area contributed by atoms with Gasteiger partial charge in [-0.3, -0.25) is 33.6 Å². The number of nitrogens with zero attached hydrogens (tertiary/aromatic N) is 8. The molecular formula is C63H112N14O7. The van der Waals surface area contributed by atoms with Gasteiger partial charge >= 0.3 is 0 Å². The summed E-state index contributed by atoms with van der Waals surface area (Å²) in [6.07, 6.45) is 13.3. The van der Waals surface area contributed by atoms with Crippen LogP contribution in [0, 0.1) is 11.8 Å². The number of rotatable bonds is 17. The van der Waals surface area contributed by atoms with Crippen LogP contribution in [0.15, 0.2) is 85.9 Å². The summed E-state index contributed by atoms with van der Waals surface area (Å²) < 4.78 is 0. The third-order valence-corrected chi connectivity index (χ3v) is 16.8. The predicted molar refractivity (Wildman–Crippen MR) is 339 cm³/mol. The third-order valence-electron chi connectivity index (χ3n) is 16.8. The lowest BCUT2D eigenvalue weighted by Crippen LogP contribution is -2.44. The van der Waals surface area contributed by atoms with Crippen molar-refractivity contribution in [3.05, 3.63) is 85.9 Å². The van der Waals surface area contributed by atoms with Crippen LogP contribution in [0.1, 0.15) is 160 Å². The fraction of sp³-hybridized carbons (Fsp3) is 0.667. The zero-order chi connectivity index (χ0) is 64.5. The molecule has 7 aliphatic rings. The van der Waals surface area contributed by atoms with Gasteiger partial charge in [0.2, 0.25) is 41.4 Å². The van der Waals surface area contributed by atoms with Crippen molar-refractivity contribution >= 4 is 41.4 Å². The number of likely N-dealkylation sites (tertiary alicyclic amines) is 7. The molecule has 476 valence electrons. The van der Waals surface area contributed by atoms with Crippen molar-refractivity contribution in [3.63, 3.8) is 0 Å². The molecule has 0 spiro atoms. The second kappa shape index (κ2) is 36.7. The summed E-state index contributed by atoms with van der Waals surface area (Å²) in [5.41, 5.74) is 38.3. The van der Waals surface area contributed by atoms with E-state index in [2.05, 4.69) is 90.5 Å². The number of nitrogens with two attached hydrogens (primary N) is 6. The molecule has 9 unspecified atom stereocenters. The molecule has 12 N–H and O–H groups in total. The smallest absolute Gasteiger partial charge is 0.242 e. The van der Waals surface area contributed by atoms with E-state index in [0.717, 1.165) is 163 Å². The third kappa shape index (κ3) is 24.0. The molecule has 0 radical (unpaired) electrons. The molecule has 7 fully saturated rings. The Bertz CT molecular complexity index is 2320. The summed E-state index contributed by atoms with van der Waals surface area (Å²) >= 11 is 0. The van der Waals surface area contributed by atoms with E-state index in [9.17, 15) is 33.6 Å². The average molecular weight is 1180 g/mol.